The van der Waals surface area contributed by atoms with Crippen molar-refractivity contribution in [2.24, 2.45) is 0 Å². The first-order chi connectivity index (χ1) is 10.9. The molecule has 0 aliphatic carbocycles. The number of benzene rings is 1. The minimum atomic E-state index is -4.33. The number of nitrogens with one attached hydrogen (secondary N) is 1. The molecule has 24 heavy (non-hydrogen) atoms. The van der Waals surface area contributed by atoms with Gasteiger partial charge in [-0.05, 0) is 56.3 Å². The third-order valence-electron chi connectivity index (χ3n) is 2.37. The quantitative estimate of drug-likeness (QED) is 0.493. The van der Waals surface area contributed by atoms with Crippen molar-refractivity contribution in [3.05, 3.63) is 35.9 Å². The molecule has 0 aliphatic rings. The summed E-state index contributed by atoms with van der Waals surface area (Å²) in [5.74, 6) is -1.06. The molecule has 1 N–H and O–H groups in total. The number of hydrogen-bond donors (Lipinski definition) is 1. The fourth-order valence-corrected chi connectivity index (χ4v) is 2.09. The molecule has 0 fully saturated rings. The van der Waals surface area contributed by atoms with E-state index in [1.54, 1.807) is 20.8 Å². The van der Waals surface area contributed by atoms with Crippen LogP contribution in [-0.4, -0.2) is 29.5 Å². The molecule has 1 amide bonds. The van der Waals surface area contributed by atoms with Crippen LogP contribution in [0.3, 0.4) is 0 Å². The lowest BCUT2D eigenvalue weighted by Gasteiger charge is -2.19. The number of amides is 1. The molecule has 1 rings (SSSR count). The maximum Gasteiger partial charge on any atom is 0.446 e. The van der Waals surface area contributed by atoms with Gasteiger partial charge < -0.3 is 10.1 Å². The van der Waals surface area contributed by atoms with Crippen LogP contribution >= 0.6 is 11.8 Å². The van der Waals surface area contributed by atoms with Gasteiger partial charge in [-0.1, -0.05) is 12.1 Å². The summed E-state index contributed by atoms with van der Waals surface area (Å²) in [7, 11) is 0. The van der Waals surface area contributed by atoms with Gasteiger partial charge in [-0.3, -0.25) is 9.59 Å². The Kier molecular flexibility index (Phi) is 6.89. The van der Waals surface area contributed by atoms with Crippen molar-refractivity contribution in [2.45, 2.75) is 36.8 Å². The van der Waals surface area contributed by atoms with Crippen molar-refractivity contribution >= 4 is 29.7 Å². The largest absolute Gasteiger partial charge is 0.459 e. The van der Waals surface area contributed by atoms with E-state index >= 15 is 0 Å². The van der Waals surface area contributed by atoms with E-state index in [9.17, 15) is 22.8 Å². The van der Waals surface area contributed by atoms with Gasteiger partial charge in [-0.25, -0.2) is 0 Å². The number of carbonyl (C=O) groups is 2. The van der Waals surface area contributed by atoms with Gasteiger partial charge in [0.25, 0.3) is 0 Å². The van der Waals surface area contributed by atoms with E-state index in [1.807, 2.05) is 0 Å². The zero-order valence-electron chi connectivity index (χ0n) is 13.4. The van der Waals surface area contributed by atoms with Crippen LogP contribution < -0.4 is 5.32 Å². The van der Waals surface area contributed by atoms with Gasteiger partial charge in [0, 0.05) is 11.0 Å². The molecule has 0 spiro atoms. The van der Waals surface area contributed by atoms with E-state index in [0.717, 1.165) is 0 Å². The van der Waals surface area contributed by atoms with Crippen LogP contribution in [0.5, 0.6) is 0 Å². The zero-order valence-corrected chi connectivity index (χ0v) is 14.3. The Morgan fingerprint density at radius 3 is 2.25 bits per heavy atom. The van der Waals surface area contributed by atoms with Crippen LogP contribution in [0.25, 0.3) is 6.08 Å². The summed E-state index contributed by atoms with van der Waals surface area (Å²) in [6.45, 7) is 4.88. The van der Waals surface area contributed by atoms with Crippen molar-refractivity contribution < 1.29 is 27.5 Å². The summed E-state index contributed by atoms with van der Waals surface area (Å²) in [5.41, 5.74) is -4.40. The number of hydrogen-bond acceptors (Lipinski definition) is 4. The van der Waals surface area contributed by atoms with E-state index in [0.29, 0.717) is 5.56 Å². The highest BCUT2D eigenvalue weighted by molar-refractivity contribution is 8.00. The van der Waals surface area contributed by atoms with Gasteiger partial charge in [-0.15, -0.1) is 0 Å². The van der Waals surface area contributed by atoms with Crippen LogP contribution in [0.1, 0.15) is 26.3 Å². The van der Waals surface area contributed by atoms with Crippen LogP contribution in [0, 0.1) is 0 Å². The lowest BCUT2D eigenvalue weighted by molar-refractivity contribution is -0.154. The molecule has 0 radical (unpaired) electrons. The average Bonchev–Trinajstić information content (AvgIpc) is 2.41. The number of thioether (sulfide) groups is 1. The first-order valence-electron chi connectivity index (χ1n) is 6.98. The van der Waals surface area contributed by atoms with E-state index in [2.05, 4.69) is 5.32 Å². The highest BCUT2D eigenvalue weighted by Gasteiger charge is 2.28. The van der Waals surface area contributed by atoms with Gasteiger partial charge in [-0.2, -0.15) is 13.2 Å². The number of carbonyl (C=O) groups excluding carboxylic acids is 2. The standard InChI is InChI=1S/C16H18F3NO3S/c1-15(2,3)23-14(22)10-20-13(21)9-6-11-4-7-12(8-5-11)24-16(17,18)19/h4-9H,10H2,1-3H3,(H,20,21). The smallest absolute Gasteiger partial charge is 0.446 e. The molecule has 0 heterocycles. The fourth-order valence-electron chi connectivity index (χ4n) is 1.55. The maximum absolute atomic E-state index is 12.2. The predicted octanol–water partition coefficient (Wildman–Crippen LogP) is 3.77. The van der Waals surface area contributed by atoms with Crippen molar-refractivity contribution in [3.8, 4) is 0 Å². The zero-order chi connectivity index (χ0) is 18.4. The average molecular weight is 361 g/mol. The Balaban J connectivity index is 2.48. The van der Waals surface area contributed by atoms with E-state index in [-0.39, 0.29) is 23.2 Å². The molecule has 1 aromatic rings. The fraction of sp³-hybridized carbons (Fsp3) is 0.375. The van der Waals surface area contributed by atoms with Gasteiger partial charge in [0.2, 0.25) is 5.91 Å². The normalized spacial score (nSPS) is 12.2. The lowest BCUT2D eigenvalue weighted by atomic mass is 10.2. The number of alkyl halides is 3. The molecule has 0 saturated heterocycles. The second kappa shape index (κ2) is 8.23. The third kappa shape index (κ3) is 9.24. The number of halogens is 3. The Morgan fingerprint density at radius 1 is 1.17 bits per heavy atom. The molecule has 132 valence electrons. The molecular weight excluding hydrogens is 343 g/mol. The monoisotopic (exact) mass is 361 g/mol. The van der Waals surface area contributed by atoms with Crippen molar-refractivity contribution in [1.29, 1.82) is 0 Å². The molecular formula is C16H18F3NO3S. The molecule has 1 aromatic carbocycles. The van der Waals surface area contributed by atoms with E-state index in [1.165, 1.54) is 36.4 Å². The number of esters is 1. The summed E-state index contributed by atoms with van der Waals surface area (Å²) >= 11 is -0.205. The summed E-state index contributed by atoms with van der Waals surface area (Å²) < 4.78 is 41.7. The van der Waals surface area contributed by atoms with Crippen molar-refractivity contribution in [3.63, 3.8) is 0 Å². The minimum absolute atomic E-state index is 0.0639. The van der Waals surface area contributed by atoms with Gasteiger partial charge >= 0.3 is 11.5 Å². The second-order valence-corrected chi connectivity index (χ2v) is 6.89. The van der Waals surface area contributed by atoms with Crippen molar-refractivity contribution in [2.75, 3.05) is 6.54 Å². The van der Waals surface area contributed by atoms with Gasteiger partial charge in [0.1, 0.15) is 12.1 Å². The van der Waals surface area contributed by atoms with Crippen LogP contribution in [0.15, 0.2) is 35.2 Å². The molecule has 0 aromatic heterocycles. The second-order valence-electron chi connectivity index (χ2n) is 5.75. The van der Waals surface area contributed by atoms with Gasteiger partial charge in [0.05, 0.1) is 0 Å². The summed E-state index contributed by atoms with van der Waals surface area (Å²) in [4.78, 5) is 23.1. The molecule has 0 aliphatic heterocycles. The first kappa shape index (κ1) is 20.1. The lowest BCUT2D eigenvalue weighted by Crippen LogP contribution is -2.33. The topological polar surface area (TPSA) is 55.4 Å². The molecule has 0 bridgehead atoms. The molecule has 0 unspecified atom stereocenters. The third-order valence-corrected chi connectivity index (χ3v) is 3.11. The van der Waals surface area contributed by atoms with E-state index in [4.69, 9.17) is 4.74 Å². The van der Waals surface area contributed by atoms with E-state index < -0.39 is 23.0 Å². The van der Waals surface area contributed by atoms with Crippen LogP contribution in [-0.2, 0) is 14.3 Å². The first-order valence-corrected chi connectivity index (χ1v) is 7.80. The summed E-state index contributed by atoms with van der Waals surface area (Å²) in [6.07, 6.45) is 2.63. The van der Waals surface area contributed by atoms with Crippen LogP contribution in [0.2, 0.25) is 0 Å². The predicted molar refractivity (Wildman–Crippen MR) is 86.2 cm³/mol. The van der Waals surface area contributed by atoms with Gasteiger partial charge in [0.15, 0.2) is 0 Å². The Morgan fingerprint density at radius 2 is 1.75 bits per heavy atom. The summed E-state index contributed by atoms with van der Waals surface area (Å²) in [6, 6.07) is 5.56. The highest BCUT2D eigenvalue weighted by Crippen LogP contribution is 2.36. The Labute approximate surface area is 142 Å². The Hall–Kier alpha value is -1.96. The SMILES string of the molecule is CC(C)(C)OC(=O)CNC(=O)C=Cc1ccc(SC(F)(F)F)cc1. The number of ether oxygens (including phenoxy) is 1. The van der Waals surface area contributed by atoms with Crippen LogP contribution in [0.4, 0.5) is 13.2 Å². The number of rotatable bonds is 5. The summed E-state index contributed by atoms with van der Waals surface area (Å²) in [5, 5.41) is 2.36. The maximum atomic E-state index is 12.2. The highest BCUT2D eigenvalue weighted by atomic mass is 32.2. The van der Waals surface area contributed by atoms with Crippen molar-refractivity contribution in [1.82, 2.24) is 5.32 Å². The molecule has 0 saturated carbocycles. The molecule has 8 heteroatoms. The Bertz CT molecular complexity index is 604. The molecule has 0 atom stereocenters. The molecule has 4 nitrogen and oxygen atoms in total. The minimum Gasteiger partial charge on any atom is -0.459 e.